The van der Waals surface area contributed by atoms with Crippen LogP contribution in [0.2, 0.25) is 5.02 Å². The molecule has 0 atom stereocenters. The molecule has 3 aromatic rings. The molecule has 0 aliphatic heterocycles. The Morgan fingerprint density at radius 3 is 2.59 bits per heavy atom. The highest BCUT2D eigenvalue weighted by Crippen LogP contribution is 2.30. The summed E-state index contributed by atoms with van der Waals surface area (Å²) in [6.45, 7) is 0. The van der Waals surface area contributed by atoms with Crippen molar-refractivity contribution in [2.45, 2.75) is 4.90 Å². The van der Waals surface area contributed by atoms with Crippen LogP contribution in [0.25, 0.3) is 10.8 Å². The summed E-state index contributed by atoms with van der Waals surface area (Å²) >= 11 is 6.02. The van der Waals surface area contributed by atoms with Gasteiger partial charge < -0.3 is 5.32 Å². The number of aromatic nitrogens is 1. The molecular weight excluding hydrogens is 343 g/mol. The predicted octanol–water partition coefficient (Wildman–Crippen LogP) is 4.56. The quantitative estimate of drug-likeness (QED) is 0.702. The monoisotopic (exact) mass is 352 g/mol. The fourth-order valence-corrected chi connectivity index (χ4v) is 3.35. The number of halogens is 2. The van der Waals surface area contributed by atoms with Gasteiger partial charge in [0.1, 0.15) is 10.7 Å². The highest BCUT2D eigenvalue weighted by molar-refractivity contribution is 8.13. The van der Waals surface area contributed by atoms with Gasteiger partial charge in [-0.2, -0.15) is 0 Å². The van der Waals surface area contributed by atoms with E-state index in [1.807, 2.05) is 12.1 Å². The number of fused-ring (bicyclic) bond motifs is 1. The Morgan fingerprint density at radius 2 is 1.82 bits per heavy atom. The van der Waals surface area contributed by atoms with Crippen LogP contribution in [0, 0.1) is 0 Å². The van der Waals surface area contributed by atoms with Gasteiger partial charge in [0.15, 0.2) is 0 Å². The number of rotatable bonds is 3. The lowest BCUT2D eigenvalue weighted by atomic mass is 10.1. The van der Waals surface area contributed by atoms with E-state index in [4.69, 9.17) is 22.3 Å². The molecule has 0 saturated carbocycles. The molecule has 2 aromatic carbocycles. The largest absolute Gasteiger partial charge is 0.339 e. The summed E-state index contributed by atoms with van der Waals surface area (Å²) in [5, 5.41) is 5.31. The Morgan fingerprint density at radius 1 is 1.05 bits per heavy atom. The lowest BCUT2D eigenvalue weighted by molar-refractivity contribution is 0.610. The van der Waals surface area contributed by atoms with Crippen LogP contribution >= 0.6 is 22.3 Å². The normalized spacial score (nSPS) is 11.5. The van der Waals surface area contributed by atoms with Crippen LogP contribution in [0.1, 0.15) is 0 Å². The van der Waals surface area contributed by atoms with E-state index in [2.05, 4.69) is 10.3 Å². The number of pyridine rings is 1. The van der Waals surface area contributed by atoms with Crippen molar-refractivity contribution in [2.24, 2.45) is 0 Å². The van der Waals surface area contributed by atoms with Crippen molar-refractivity contribution < 1.29 is 8.42 Å². The molecule has 0 aliphatic rings. The van der Waals surface area contributed by atoms with E-state index in [0.717, 1.165) is 10.8 Å². The molecule has 1 aromatic heterocycles. The number of nitrogens with one attached hydrogen (secondary N) is 1. The Hall–Kier alpha value is -1.82. The van der Waals surface area contributed by atoms with Crippen molar-refractivity contribution in [1.82, 2.24) is 4.98 Å². The van der Waals surface area contributed by atoms with E-state index in [0.29, 0.717) is 16.5 Å². The molecule has 0 amide bonds. The lowest BCUT2D eigenvalue weighted by Crippen LogP contribution is -2.00. The fraction of sp³-hybridized carbons (Fsp3) is 0. The van der Waals surface area contributed by atoms with Crippen molar-refractivity contribution in [3.8, 4) is 0 Å². The second kappa shape index (κ2) is 5.76. The minimum Gasteiger partial charge on any atom is -0.339 e. The average molecular weight is 353 g/mol. The summed E-state index contributed by atoms with van der Waals surface area (Å²) in [6, 6.07) is 13.6. The Kier molecular flexibility index (Phi) is 3.95. The zero-order valence-electron chi connectivity index (χ0n) is 11.1. The van der Waals surface area contributed by atoms with Crippen molar-refractivity contribution in [3.05, 3.63) is 59.8 Å². The number of hydrogen-bond acceptors (Lipinski definition) is 4. The first-order valence-corrected chi connectivity index (χ1v) is 8.99. The SMILES string of the molecule is O=S(=O)(Cl)c1ccccc1Nc1nccc2ccc(Cl)cc12. The maximum absolute atomic E-state index is 11.6. The third kappa shape index (κ3) is 3.02. The van der Waals surface area contributed by atoms with E-state index in [1.54, 1.807) is 36.5 Å². The number of benzene rings is 2. The third-order valence-electron chi connectivity index (χ3n) is 3.13. The van der Waals surface area contributed by atoms with Gasteiger partial charge in [-0.05, 0) is 35.7 Å². The van der Waals surface area contributed by atoms with Crippen LogP contribution in [0.15, 0.2) is 59.6 Å². The van der Waals surface area contributed by atoms with Crippen LogP contribution in [0.4, 0.5) is 11.5 Å². The second-order valence-corrected chi connectivity index (χ2v) is 7.55. The van der Waals surface area contributed by atoms with Crippen LogP contribution in [0.3, 0.4) is 0 Å². The summed E-state index contributed by atoms with van der Waals surface area (Å²) in [7, 11) is 1.60. The molecule has 3 rings (SSSR count). The minimum absolute atomic E-state index is 0.00232. The molecule has 0 unspecified atom stereocenters. The summed E-state index contributed by atoms with van der Waals surface area (Å²) in [6.07, 6.45) is 1.64. The first-order chi connectivity index (χ1) is 10.4. The van der Waals surface area contributed by atoms with Gasteiger partial charge in [-0.25, -0.2) is 13.4 Å². The zero-order chi connectivity index (χ0) is 15.7. The van der Waals surface area contributed by atoms with Gasteiger partial charge in [0.2, 0.25) is 0 Å². The molecule has 7 heteroatoms. The zero-order valence-corrected chi connectivity index (χ0v) is 13.5. The van der Waals surface area contributed by atoms with Gasteiger partial charge >= 0.3 is 0 Å². The maximum atomic E-state index is 11.6. The summed E-state index contributed by atoms with van der Waals surface area (Å²) in [5.41, 5.74) is 0.359. The third-order valence-corrected chi connectivity index (χ3v) is 4.75. The maximum Gasteiger partial charge on any atom is 0.263 e. The molecule has 0 aliphatic carbocycles. The van der Waals surface area contributed by atoms with E-state index >= 15 is 0 Å². The van der Waals surface area contributed by atoms with Crippen LogP contribution in [-0.4, -0.2) is 13.4 Å². The van der Waals surface area contributed by atoms with E-state index < -0.39 is 9.05 Å². The topological polar surface area (TPSA) is 59.1 Å². The molecule has 1 N–H and O–H groups in total. The van der Waals surface area contributed by atoms with Gasteiger partial charge in [0.05, 0.1) is 5.69 Å². The molecule has 1 heterocycles. The van der Waals surface area contributed by atoms with E-state index in [-0.39, 0.29) is 4.90 Å². The van der Waals surface area contributed by atoms with Crippen LogP contribution in [-0.2, 0) is 9.05 Å². The molecule has 0 bridgehead atoms. The smallest absolute Gasteiger partial charge is 0.263 e. The molecule has 112 valence electrons. The Balaban J connectivity index is 2.14. The number of nitrogens with zero attached hydrogens (tertiary/aromatic N) is 1. The van der Waals surface area contributed by atoms with Gasteiger partial charge in [-0.1, -0.05) is 29.8 Å². The van der Waals surface area contributed by atoms with E-state index in [9.17, 15) is 8.42 Å². The van der Waals surface area contributed by atoms with Gasteiger partial charge in [0, 0.05) is 27.3 Å². The molecule has 0 saturated heterocycles. The lowest BCUT2D eigenvalue weighted by Gasteiger charge is -2.11. The Labute approximate surface area is 137 Å². The molecule has 0 radical (unpaired) electrons. The molecule has 22 heavy (non-hydrogen) atoms. The summed E-state index contributed by atoms with van der Waals surface area (Å²) in [4.78, 5) is 4.26. The first kappa shape index (κ1) is 15.1. The van der Waals surface area contributed by atoms with Gasteiger partial charge in [0.25, 0.3) is 9.05 Å². The highest BCUT2D eigenvalue weighted by Gasteiger charge is 2.16. The van der Waals surface area contributed by atoms with Gasteiger partial charge in [-0.3, -0.25) is 0 Å². The number of para-hydroxylation sites is 1. The van der Waals surface area contributed by atoms with Crippen LogP contribution < -0.4 is 5.32 Å². The fourth-order valence-electron chi connectivity index (χ4n) is 2.15. The molecule has 0 spiro atoms. The highest BCUT2D eigenvalue weighted by atomic mass is 35.7. The molecular formula is C15H10Cl2N2O2S. The average Bonchev–Trinajstić information content (AvgIpc) is 2.47. The standard InChI is InChI=1S/C15H10Cl2N2O2S/c16-11-6-5-10-7-8-18-15(12(10)9-11)19-13-3-1-2-4-14(13)22(17,20)21/h1-9H,(H,18,19). The summed E-state index contributed by atoms with van der Waals surface area (Å²) < 4.78 is 23.3. The molecule has 4 nitrogen and oxygen atoms in total. The number of hydrogen-bond donors (Lipinski definition) is 1. The van der Waals surface area contributed by atoms with Crippen molar-refractivity contribution in [2.75, 3.05) is 5.32 Å². The minimum atomic E-state index is -3.86. The van der Waals surface area contributed by atoms with Crippen LogP contribution in [0.5, 0.6) is 0 Å². The van der Waals surface area contributed by atoms with Crippen molar-refractivity contribution in [1.29, 1.82) is 0 Å². The summed E-state index contributed by atoms with van der Waals surface area (Å²) in [5.74, 6) is 0.507. The molecule has 0 fully saturated rings. The van der Waals surface area contributed by atoms with E-state index in [1.165, 1.54) is 6.07 Å². The number of anilines is 2. The van der Waals surface area contributed by atoms with Gasteiger partial charge in [-0.15, -0.1) is 0 Å². The van der Waals surface area contributed by atoms with Crippen molar-refractivity contribution >= 4 is 53.6 Å². The Bertz CT molecular complexity index is 959. The predicted molar refractivity (Wildman–Crippen MR) is 89.5 cm³/mol. The second-order valence-electron chi connectivity index (χ2n) is 4.58. The first-order valence-electron chi connectivity index (χ1n) is 6.30. The van der Waals surface area contributed by atoms with Crippen molar-refractivity contribution in [3.63, 3.8) is 0 Å².